The number of rotatable bonds is 5. The Morgan fingerprint density at radius 3 is 2.65 bits per heavy atom. The van der Waals surface area contributed by atoms with E-state index in [1.165, 1.54) is 57.8 Å². The van der Waals surface area contributed by atoms with Gasteiger partial charge in [-0.15, -0.1) is 0 Å². The molecule has 1 heterocycles. The van der Waals surface area contributed by atoms with Crippen LogP contribution in [-0.4, -0.2) is 33.1 Å². The van der Waals surface area contributed by atoms with E-state index >= 15 is 0 Å². The lowest BCUT2D eigenvalue weighted by atomic mass is 9.71. The van der Waals surface area contributed by atoms with Gasteiger partial charge in [0.15, 0.2) is 0 Å². The van der Waals surface area contributed by atoms with E-state index in [4.69, 9.17) is 4.74 Å². The topological polar surface area (TPSA) is 21.3 Å². The van der Waals surface area contributed by atoms with E-state index in [1.807, 2.05) is 0 Å². The third-order valence-electron chi connectivity index (χ3n) is 4.71. The Balaban J connectivity index is 1.82. The molecule has 2 fully saturated rings. The molecule has 1 N–H and O–H groups in total. The summed E-state index contributed by atoms with van der Waals surface area (Å²) in [6.45, 7) is 5.81. The van der Waals surface area contributed by atoms with Gasteiger partial charge < -0.3 is 10.1 Å². The van der Waals surface area contributed by atoms with E-state index in [-0.39, 0.29) is 5.60 Å². The lowest BCUT2D eigenvalue weighted by Gasteiger charge is -2.45. The summed E-state index contributed by atoms with van der Waals surface area (Å²) in [5.41, 5.74) is 0.793. The second kappa shape index (κ2) is 5.75. The van der Waals surface area contributed by atoms with Crippen molar-refractivity contribution in [2.75, 3.05) is 19.7 Å². The van der Waals surface area contributed by atoms with Gasteiger partial charge in [0.1, 0.15) is 7.85 Å². The van der Waals surface area contributed by atoms with Crippen LogP contribution >= 0.6 is 0 Å². The van der Waals surface area contributed by atoms with E-state index < -0.39 is 0 Å². The van der Waals surface area contributed by atoms with Crippen LogP contribution in [0.25, 0.3) is 0 Å². The molecule has 0 amide bonds. The summed E-state index contributed by atoms with van der Waals surface area (Å²) in [6, 6.07) is 0. The second-order valence-corrected chi connectivity index (χ2v) is 6.48. The normalized spacial score (nSPS) is 32.1. The van der Waals surface area contributed by atoms with Crippen LogP contribution < -0.4 is 5.32 Å². The molecule has 1 spiro atoms. The van der Waals surface area contributed by atoms with Gasteiger partial charge in [-0.05, 0) is 50.6 Å². The maximum absolute atomic E-state index is 6.13. The largest absolute Gasteiger partial charge is 0.375 e. The SMILES string of the molecule is BCCNCC[C@@]1(C)CCOC2(CCCC2)C1. The zero-order valence-electron chi connectivity index (χ0n) is 11.7. The third-order valence-corrected chi connectivity index (χ3v) is 4.71. The molecular weight excluding hydrogens is 209 g/mol. The standard InChI is InChI=1S/C14H28BNO/c1-13(6-9-16-10-8-15)7-11-17-14(12-13)4-2-3-5-14/h16H,2-12,15H2,1H3/t13-/m0/s1. The number of ether oxygens (including phenoxy) is 1. The van der Waals surface area contributed by atoms with Crippen molar-refractivity contribution < 1.29 is 4.74 Å². The predicted octanol–water partition coefficient (Wildman–Crippen LogP) is 2.15. The van der Waals surface area contributed by atoms with E-state index in [1.54, 1.807) is 0 Å². The molecule has 1 aliphatic heterocycles. The van der Waals surface area contributed by atoms with Gasteiger partial charge in [-0.25, -0.2) is 0 Å². The molecule has 0 aromatic heterocycles. The van der Waals surface area contributed by atoms with E-state index in [0.29, 0.717) is 5.41 Å². The fourth-order valence-electron chi connectivity index (χ4n) is 3.68. The van der Waals surface area contributed by atoms with Crippen molar-refractivity contribution in [1.82, 2.24) is 5.32 Å². The maximum Gasteiger partial charge on any atom is 0.102 e. The molecule has 2 rings (SSSR count). The Bertz CT molecular complexity index is 240. The highest BCUT2D eigenvalue weighted by atomic mass is 16.5. The van der Waals surface area contributed by atoms with Crippen molar-refractivity contribution >= 4 is 7.85 Å². The summed E-state index contributed by atoms with van der Waals surface area (Å²) in [5, 5.41) is 3.55. The molecule has 1 atom stereocenters. The predicted molar refractivity (Wildman–Crippen MR) is 75.3 cm³/mol. The zero-order chi connectivity index (χ0) is 12.2. The first-order valence-corrected chi connectivity index (χ1v) is 7.53. The lowest BCUT2D eigenvalue weighted by Crippen LogP contribution is -2.43. The molecule has 1 saturated heterocycles. The van der Waals surface area contributed by atoms with Crippen molar-refractivity contribution in [3.63, 3.8) is 0 Å². The molecule has 0 radical (unpaired) electrons. The van der Waals surface area contributed by atoms with Crippen molar-refractivity contribution in [1.29, 1.82) is 0 Å². The van der Waals surface area contributed by atoms with Crippen LogP contribution in [-0.2, 0) is 4.74 Å². The summed E-state index contributed by atoms with van der Waals surface area (Å²) in [5.74, 6) is 0. The van der Waals surface area contributed by atoms with Gasteiger partial charge in [0, 0.05) is 6.61 Å². The summed E-state index contributed by atoms with van der Waals surface area (Å²) in [7, 11) is 2.23. The minimum absolute atomic E-state index is 0.276. The first kappa shape index (κ1) is 13.4. The van der Waals surface area contributed by atoms with E-state index in [2.05, 4.69) is 20.1 Å². The minimum atomic E-state index is 0.276. The van der Waals surface area contributed by atoms with Gasteiger partial charge in [0.25, 0.3) is 0 Å². The van der Waals surface area contributed by atoms with Crippen LogP contribution in [0.2, 0.25) is 6.32 Å². The fraction of sp³-hybridized carbons (Fsp3) is 1.00. The summed E-state index contributed by atoms with van der Waals surface area (Å²) in [4.78, 5) is 0. The lowest BCUT2D eigenvalue weighted by molar-refractivity contribution is -0.119. The van der Waals surface area contributed by atoms with E-state index in [0.717, 1.165) is 13.2 Å². The summed E-state index contributed by atoms with van der Waals surface area (Å²) < 4.78 is 6.13. The van der Waals surface area contributed by atoms with Crippen molar-refractivity contribution in [3.8, 4) is 0 Å². The molecule has 0 aromatic carbocycles. The van der Waals surface area contributed by atoms with Gasteiger partial charge >= 0.3 is 0 Å². The molecule has 3 heteroatoms. The molecule has 0 aromatic rings. The van der Waals surface area contributed by atoms with Gasteiger partial charge in [-0.3, -0.25) is 0 Å². The Labute approximate surface area is 107 Å². The number of nitrogens with one attached hydrogen (secondary N) is 1. The highest BCUT2D eigenvalue weighted by molar-refractivity contribution is 6.08. The molecular formula is C14H28BNO. The zero-order valence-corrected chi connectivity index (χ0v) is 11.7. The Morgan fingerprint density at radius 2 is 1.94 bits per heavy atom. The highest BCUT2D eigenvalue weighted by Crippen LogP contribution is 2.48. The van der Waals surface area contributed by atoms with Crippen LogP contribution in [0.1, 0.15) is 51.9 Å². The average molecular weight is 237 g/mol. The molecule has 98 valence electrons. The van der Waals surface area contributed by atoms with Gasteiger partial charge in [0.2, 0.25) is 0 Å². The number of hydrogen-bond acceptors (Lipinski definition) is 2. The summed E-state index contributed by atoms with van der Waals surface area (Å²) in [6.07, 6.45) is 10.5. The first-order valence-electron chi connectivity index (χ1n) is 7.53. The van der Waals surface area contributed by atoms with Crippen LogP contribution in [0.3, 0.4) is 0 Å². The third kappa shape index (κ3) is 3.48. The van der Waals surface area contributed by atoms with Crippen LogP contribution in [0.5, 0.6) is 0 Å². The Hall–Kier alpha value is -0.0151. The van der Waals surface area contributed by atoms with Crippen molar-refractivity contribution in [3.05, 3.63) is 0 Å². The van der Waals surface area contributed by atoms with E-state index in [9.17, 15) is 0 Å². The maximum atomic E-state index is 6.13. The Kier molecular flexibility index (Phi) is 4.54. The van der Waals surface area contributed by atoms with Gasteiger partial charge in [0.05, 0.1) is 5.60 Å². The van der Waals surface area contributed by atoms with Gasteiger partial charge in [-0.1, -0.05) is 26.1 Å². The summed E-state index contributed by atoms with van der Waals surface area (Å²) >= 11 is 0. The van der Waals surface area contributed by atoms with Crippen LogP contribution in [0.4, 0.5) is 0 Å². The second-order valence-electron chi connectivity index (χ2n) is 6.48. The molecule has 1 aliphatic carbocycles. The van der Waals surface area contributed by atoms with Gasteiger partial charge in [-0.2, -0.15) is 0 Å². The van der Waals surface area contributed by atoms with Crippen molar-refractivity contribution in [2.24, 2.45) is 5.41 Å². The molecule has 0 unspecified atom stereocenters. The average Bonchev–Trinajstić information content (AvgIpc) is 2.72. The molecule has 17 heavy (non-hydrogen) atoms. The first-order chi connectivity index (χ1) is 8.18. The van der Waals surface area contributed by atoms with Crippen LogP contribution in [0, 0.1) is 5.41 Å². The fourth-order valence-corrected chi connectivity index (χ4v) is 3.68. The molecule has 2 aliphatic rings. The smallest absolute Gasteiger partial charge is 0.102 e. The molecule has 0 bridgehead atoms. The van der Waals surface area contributed by atoms with Crippen molar-refractivity contribution in [2.45, 2.75) is 63.8 Å². The quantitative estimate of drug-likeness (QED) is 0.584. The minimum Gasteiger partial charge on any atom is -0.375 e. The molecule has 2 nitrogen and oxygen atoms in total. The monoisotopic (exact) mass is 237 g/mol. The molecule has 1 saturated carbocycles. The highest BCUT2D eigenvalue weighted by Gasteiger charge is 2.44. The number of hydrogen-bond donors (Lipinski definition) is 1. The Morgan fingerprint density at radius 1 is 1.18 bits per heavy atom. The van der Waals surface area contributed by atoms with Crippen LogP contribution in [0.15, 0.2) is 0 Å².